The summed E-state index contributed by atoms with van der Waals surface area (Å²) in [5.41, 5.74) is 4.72. The lowest BCUT2D eigenvalue weighted by molar-refractivity contribution is -0.114. The summed E-state index contributed by atoms with van der Waals surface area (Å²) < 4.78 is 0. The number of amides is 2. The van der Waals surface area contributed by atoms with Gasteiger partial charge < -0.3 is 10.6 Å². The van der Waals surface area contributed by atoms with Crippen LogP contribution < -0.4 is 10.6 Å². The summed E-state index contributed by atoms with van der Waals surface area (Å²) >= 11 is 12.0. The van der Waals surface area contributed by atoms with Crippen LogP contribution in [0.3, 0.4) is 0 Å². The van der Waals surface area contributed by atoms with E-state index >= 15 is 0 Å². The Hall–Kier alpha value is -2.82. The minimum Gasteiger partial charge on any atom is -0.326 e. The average molecular weight is 413 g/mol. The molecule has 0 aliphatic carbocycles. The van der Waals surface area contributed by atoms with Gasteiger partial charge >= 0.3 is 0 Å². The number of hydrogen-bond acceptors (Lipinski definition) is 2. The highest BCUT2D eigenvalue weighted by atomic mass is 35.5. The van der Waals surface area contributed by atoms with Gasteiger partial charge in [0, 0.05) is 23.3 Å². The van der Waals surface area contributed by atoms with Crippen LogP contribution in [0, 0.1) is 6.92 Å². The Morgan fingerprint density at radius 2 is 1.61 bits per heavy atom. The zero-order valence-corrected chi connectivity index (χ0v) is 16.9. The minimum absolute atomic E-state index is 0.118. The Kier molecular flexibility index (Phi) is 6.02. The normalized spacial score (nSPS) is 10.4. The van der Waals surface area contributed by atoms with Crippen LogP contribution in [0.4, 0.5) is 11.4 Å². The lowest BCUT2D eigenvalue weighted by Gasteiger charge is -2.12. The number of benzene rings is 3. The van der Waals surface area contributed by atoms with Crippen molar-refractivity contribution < 1.29 is 9.59 Å². The molecule has 0 aliphatic heterocycles. The molecule has 0 saturated carbocycles. The number of hydrogen-bond donors (Lipinski definition) is 2. The molecule has 142 valence electrons. The molecule has 0 bridgehead atoms. The first-order valence-corrected chi connectivity index (χ1v) is 9.34. The van der Waals surface area contributed by atoms with Gasteiger partial charge in [-0.2, -0.15) is 0 Å². The molecule has 0 heterocycles. The minimum atomic E-state index is -0.304. The van der Waals surface area contributed by atoms with Gasteiger partial charge in [-0.05, 0) is 66.1 Å². The Morgan fingerprint density at radius 3 is 2.29 bits per heavy atom. The predicted molar refractivity (Wildman–Crippen MR) is 115 cm³/mol. The molecule has 0 saturated heterocycles. The molecule has 28 heavy (non-hydrogen) atoms. The molecular weight excluding hydrogens is 395 g/mol. The van der Waals surface area contributed by atoms with Crippen molar-refractivity contribution in [3.63, 3.8) is 0 Å². The maximum absolute atomic E-state index is 12.5. The summed E-state index contributed by atoms with van der Waals surface area (Å²) in [6, 6.07) is 18.0. The molecular formula is C22H18Cl2N2O2. The van der Waals surface area contributed by atoms with Gasteiger partial charge in [0.05, 0.1) is 10.6 Å². The monoisotopic (exact) mass is 412 g/mol. The number of rotatable bonds is 4. The largest absolute Gasteiger partial charge is 0.326 e. The van der Waals surface area contributed by atoms with Crippen LogP contribution in [0.15, 0.2) is 60.7 Å². The van der Waals surface area contributed by atoms with Gasteiger partial charge in [-0.15, -0.1) is 0 Å². The van der Waals surface area contributed by atoms with E-state index in [0.717, 1.165) is 22.4 Å². The lowest BCUT2D eigenvalue weighted by atomic mass is 9.99. The Morgan fingerprint density at radius 1 is 0.857 bits per heavy atom. The third-order valence-electron chi connectivity index (χ3n) is 4.15. The van der Waals surface area contributed by atoms with E-state index in [-0.39, 0.29) is 11.8 Å². The molecule has 2 N–H and O–H groups in total. The van der Waals surface area contributed by atoms with Crippen LogP contribution in [-0.4, -0.2) is 11.8 Å². The van der Waals surface area contributed by atoms with Crippen LogP contribution >= 0.6 is 23.2 Å². The van der Waals surface area contributed by atoms with Gasteiger partial charge in [0.2, 0.25) is 5.91 Å². The van der Waals surface area contributed by atoms with Crippen molar-refractivity contribution in [2.75, 3.05) is 10.6 Å². The summed E-state index contributed by atoms with van der Waals surface area (Å²) in [6.07, 6.45) is 0. The number of aryl methyl sites for hydroxylation is 1. The number of nitrogens with one attached hydrogen (secondary N) is 2. The summed E-state index contributed by atoms with van der Waals surface area (Å²) in [4.78, 5) is 23.7. The molecule has 0 spiro atoms. The first kappa shape index (κ1) is 19.9. The van der Waals surface area contributed by atoms with E-state index in [4.69, 9.17) is 23.2 Å². The van der Waals surface area contributed by atoms with E-state index in [2.05, 4.69) is 10.6 Å². The molecule has 0 fully saturated rings. The molecule has 2 amide bonds. The molecule has 3 aromatic rings. The fourth-order valence-corrected chi connectivity index (χ4v) is 3.40. The predicted octanol–water partition coefficient (Wildman–Crippen LogP) is 6.18. The molecule has 6 heteroatoms. The van der Waals surface area contributed by atoms with E-state index in [1.807, 2.05) is 49.4 Å². The van der Waals surface area contributed by atoms with Crippen molar-refractivity contribution in [1.29, 1.82) is 0 Å². The van der Waals surface area contributed by atoms with Crippen LogP contribution in [0.2, 0.25) is 10.0 Å². The maximum Gasteiger partial charge on any atom is 0.257 e. The van der Waals surface area contributed by atoms with Gasteiger partial charge in [-0.3, -0.25) is 9.59 Å². The third-order valence-corrected chi connectivity index (χ3v) is 4.70. The Balaban J connectivity index is 1.82. The van der Waals surface area contributed by atoms with Gasteiger partial charge in [0.1, 0.15) is 0 Å². The zero-order valence-electron chi connectivity index (χ0n) is 15.3. The smallest absolute Gasteiger partial charge is 0.257 e. The van der Waals surface area contributed by atoms with E-state index in [1.165, 1.54) is 13.0 Å². The van der Waals surface area contributed by atoms with Crippen LogP contribution in [-0.2, 0) is 4.79 Å². The molecule has 0 atom stereocenters. The Labute approximate surface area is 173 Å². The summed E-state index contributed by atoms with van der Waals surface area (Å²) in [5.74, 6) is -0.422. The topological polar surface area (TPSA) is 58.2 Å². The quantitative estimate of drug-likeness (QED) is 0.537. The third kappa shape index (κ3) is 4.71. The van der Waals surface area contributed by atoms with E-state index < -0.39 is 0 Å². The van der Waals surface area contributed by atoms with Crippen molar-refractivity contribution in [3.05, 3.63) is 81.8 Å². The molecule has 0 radical (unpaired) electrons. The van der Waals surface area contributed by atoms with Crippen LogP contribution in [0.25, 0.3) is 11.1 Å². The SMILES string of the molecule is CC(=O)Nc1cccc(-c2ccc(NC(=O)c3ccc(Cl)cc3Cl)cc2C)c1. The van der Waals surface area contributed by atoms with E-state index in [0.29, 0.717) is 21.3 Å². The molecule has 0 aromatic heterocycles. The lowest BCUT2D eigenvalue weighted by Crippen LogP contribution is -2.12. The summed E-state index contributed by atoms with van der Waals surface area (Å²) in [6.45, 7) is 3.44. The zero-order chi connectivity index (χ0) is 20.3. The van der Waals surface area contributed by atoms with Crippen molar-refractivity contribution in [2.45, 2.75) is 13.8 Å². The molecule has 4 nitrogen and oxygen atoms in total. The van der Waals surface area contributed by atoms with Gasteiger partial charge in [0.15, 0.2) is 0 Å². The summed E-state index contributed by atoms with van der Waals surface area (Å²) in [7, 11) is 0. The van der Waals surface area contributed by atoms with E-state index in [1.54, 1.807) is 12.1 Å². The Bertz CT molecular complexity index is 1060. The second kappa shape index (κ2) is 8.46. The van der Waals surface area contributed by atoms with Crippen molar-refractivity contribution in [3.8, 4) is 11.1 Å². The van der Waals surface area contributed by atoms with Crippen molar-refractivity contribution in [1.82, 2.24) is 0 Å². The highest BCUT2D eigenvalue weighted by Gasteiger charge is 2.12. The average Bonchev–Trinajstić information content (AvgIpc) is 2.61. The van der Waals surface area contributed by atoms with Crippen LogP contribution in [0.1, 0.15) is 22.8 Å². The van der Waals surface area contributed by atoms with E-state index in [9.17, 15) is 9.59 Å². The van der Waals surface area contributed by atoms with Crippen molar-refractivity contribution >= 4 is 46.4 Å². The molecule has 0 aliphatic rings. The molecule has 0 unspecified atom stereocenters. The van der Waals surface area contributed by atoms with Crippen molar-refractivity contribution in [2.24, 2.45) is 0 Å². The highest BCUT2D eigenvalue weighted by molar-refractivity contribution is 6.37. The summed E-state index contributed by atoms with van der Waals surface area (Å²) in [5, 5.41) is 6.41. The van der Waals surface area contributed by atoms with Gasteiger partial charge in [-0.1, -0.05) is 41.4 Å². The second-order valence-electron chi connectivity index (χ2n) is 6.37. The fraction of sp³-hybridized carbons (Fsp3) is 0.0909. The fourth-order valence-electron chi connectivity index (χ4n) is 2.91. The van der Waals surface area contributed by atoms with Gasteiger partial charge in [0.25, 0.3) is 5.91 Å². The number of anilines is 2. The number of carbonyl (C=O) groups excluding carboxylic acids is 2. The molecule has 3 rings (SSSR count). The second-order valence-corrected chi connectivity index (χ2v) is 7.21. The maximum atomic E-state index is 12.5. The number of carbonyl (C=O) groups is 2. The number of halogens is 2. The first-order chi connectivity index (χ1) is 13.3. The standard InChI is InChI=1S/C22H18Cl2N2O2/c1-13-10-18(26-22(28)20-8-6-16(23)12-21(20)24)7-9-19(13)15-4-3-5-17(11-15)25-14(2)27/h3-12H,1-2H3,(H,25,27)(H,26,28). The first-order valence-electron chi connectivity index (χ1n) is 8.58. The van der Waals surface area contributed by atoms with Crippen LogP contribution in [0.5, 0.6) is 0 Å². The van der Waals surface area contributed by atoms with Gasteiger partial charge in [-0.25, -0.2) is 0 Å². The highest BCUT2D eigenvalue weighted by Crippen LogP contribution is 2.29. The molecule has 3 aromatic carbocycles.